The van der Waals surface area contributed by atoms with Crippen LogP contribution in [0, 0.1) is 5.92 Å². The number of anilines is 2. The van der Waals surface area contributed by atoms with E-state index in [9.17, 15) is 40.8 Å². The molecule has 0 spiro atoms. The molecule has 3 amide bonds. The normalized spacial score (nSPS) is 19.6. The van der Waals surface area contributed by atoms with Crippen molar-refractivity contribution in [2.45, 2.75) is 33.8 Å². The molecule has 0 unspecified atom stereocenters. The number of nitrogens with one attached hydrogen (secondary N) is 1. The number of imide groups is 1. The fourth-order valence-electron chi connectivity index (χ4n) is 5.53. The van der Waals surface area contributed by atoms with Crippen LogP contribution in [0.25, 0.3) is 0 Å². The Balaban J connectivity index is 1.39. The van der Waals surface area contributed by atoms with Crippen LogP contribution < -0.4 is 20.2 Å². The third-order valence-corrected chi connectivity index (χ3v) is 11.5. The lowest BCUT2D eigenvalue weighted by atomic mass is 9.83. The fraction of sp³-hybridized carbons (Fsp3) is 0.172. The number of carbonyl (C=O) groups excluding carboxylic acids is 3. The first-order valence-corrected chi connectivity index (χ1v) is 17.3. The molecule has 1 aromatic heterocycles. The van der Waals surface area contributed by atoms with Crippen molar-refractivity contribution in [1.29, 1.82) is 0 Å². The number of thiazole rings is 1. The Labute approximate surface area is 275 Å². The summed E-state index contributed by atoms with van der Waals surface area (Å²) >= 11 is 5.04. The van der Waals surface area contributed by atoms with Gasteiger partial charge >= 0.3 is 11.0 Å². The summed E-state index contributed by atoms with van der Waals surface area (Å²) in [4.78, 5) is 54.5. The minimum absolute atomic E-state index is 0.166. The van der Waals surface area contributed by atoms with Crippen molar-refractivity contribution in [2.75, 3.05) is 10.2 Å². The van der Waals surface area contributed by atoms with Gasteiger partial charge in [-0.3, -0.25) is 23.7 Å². The van der Waals surface area contributed by atoms with Crippen LogP contribution in [0.5, 0.6) is 0 Å². The third-order valence-electron chi connectivity index (χ3n) is 7.48. The minimum atomic E-state index is -4.84. The molecule has 3 aromatic carbocycles. The summed E-state index contributed by atoms with van der Waals surface area (Å²) in [5.41, 5.74) is -0.947. The third kappa shape index (κ3) is 5.81. The molecule has 0 aliphatic carbocycles. The predicted molar refractivity (Wildman–Crippen MR) is 168 cm³/mol. The van der Waals surface area contributed by atoms with E-state index in [2.05, 4.69) is 21.2 Å². The molecule has 1 saturated heterocycles. The van der Waals surface area contributed by atoms with Gasteiger partial charge in [0, 0.05) is 21.0 Å². The van der Waals surface area contributed by atoms with Crippen molar-refractivity contribution < 1.29 is 36.0 Å². The van der Waals surface area contributed by atoms with E-state index in [0.29, 0.717) is 19.8 Å². The highest BCUT2D eigenvalue weighted by Crippen LogP contribution is 2.54. The van der Waals surface area contributed by atoms with Gasteiger partial charge in [-0.2, -0.15) is 13.2 Å². The lowest BCUT2D eigenvalue weighted by Gasteiger charge is -2.30. The maximum atomic E-state index is 14.0. The molecule has 6 rings (SSSR count). The summed E-state index contributed by atoms with van der Waals surface area (Å²) in [5.74, 6) is -4.37. The Kier molecular flexibility index (Phi) is 8.25. The van der Waals surface area contributed by atoms with E-state index in [-0.39, 0.29) is 15.6 Å². The zero-order chi connectivity index (χ0) is 33.1. The van der Waals surface area contributed by atoms with Crippen molar-refractivity contribution in [3.05, 3.63) is 103 Å². The Morgan fingerprint density at radius 1 is 0.978 bits per heavy atom. The Hall–Kier alpha value is -3.77. The molecule has 0 bridgehead atoms. The number of carbonyl (C=O) groups is 3. The molecule has 46 heavy (non-hydrogen) atoms. The molecule has 17 heteroatoms. The first kappa shape index (κ1) is 32.2. The number of hydrogen-bond donors (Lipinski definition) is 2. The van der Waals surface area contributed by atoms with E-state index in [1.165, 1.54) is 36.4 Å². The minimum Gasteiger partial charge on any atom is -0.325 e. The number of hydrogen-bond acceptors (Lipinski definition) is 8. The van der Waals surface area contributed by atoms with Gasteiger partial charge in [-0.15, -0.1) is 0 Å². The van der Waals surface area contributed by atoms with Crippen LogP contribution in [-0.2, 0) is 37.1 Å². The molecule has 3 heterocycles. The molecule has 2 aliphatic heterocycles. The first-order chi connectivity index (χ1) is 21.6. The fourth-order valence-corrected chi connectivity index (χ4v) is 9.24. The molecule has 3 atom stereocenters. The van der Waals surface area contributed by atoms with Crippen molar-refractivity contribution in [3.8, 4) is 0 Å². The van der Waals surface area contributed by atoms with Gasteiger partial charge in [0.2, 0.25) is 27.7 Å². The summed E-state index contributed by atoms with van der Waals surface area (Å²) in [7, 11) is -3.96. The molecule has 4 aromatic rings. The second-order valence-corrected chi connectivity index (χ2v) is 15.0. The van der Waals surface area contributed by atoms with Gasteiger partial charge in [0.25, 0.3) is 0 Å². The predicted octanol–water partition coefficient (Wildman–Crippen LogP) is 4.77. The number of nitrogens with two attached hydrogens (primary N) is 1. The van der Waals surface area contributed by atoms with E-state index in [1.54, 1.807) is 24.3 Å². The maximum absolute atomic E-state index is 14.0. The Morgan fingerprint density at radius 3 is 2.33 bits per heavy atom. The van der Waals surface area contributed by atoms with E-state index in [0.717, 1.165) is 39.8 Å². The van der Waals surface area contributed by atoms with Crippen LogP contribution in [-0.4, -0.2) is 36.0 Å². The lowest BCUT2D eigenvalue weighted by molar-refractivity contribution is -0.137. The van der Waals surface area contributed by atoms with Crippen LogP contribution in [0.4, 0.5) is 24.5 Å². The first-order valence-electron chi connectivity index (χ1n) is 13.3. The molecule has 3 N–H and O–H groups in total. The van der Waals surface area contributed by atoms with Crippen LogP contribution in [0.15, 0.2) is 92.0 Å². The molecular formula is C29H20BrF3N4O6S3. The maximum Gasteiger partial charge on any atom is 0.418 e. The van der Waals surface area contributed by atoms with Crippen molar-refractivity contribution >= 4 is 78.1 Å². The summed E-state index contributed by atoms with van der Waals surface area (Å²) < 4.78 is 66.7. The topological polar surface area (TPSA) is 149 Å². The van der Waals surface area contributed by atoms with Gasteiger partial charge in [-0.1, -0.05) is 63.3 Å². The highest BCUT2D eigenvalue weighted by Gasteiger charge is 2.57. The number of amides is 3. The standard InChI is InChI=1S/C29H20BrF3N4O6S3/c30-15-5-3-4-14(12-15)21-22-23(26(40)37(25(22)39)19-7-2-1-6-18(19)29(31,32)33)44-27-24(21)45-28(41)36(27)13-20(38)35-16-8-10-17(11-9-16)46(34,42)43/h1-12,21-23H,13H2,(H,35,38)(H2,34,42,43)/t21-,22-,23+/m0/s1. The molecule has 238 valence electrons. The summed E-state index contributed by atoms with van der Waals surface area (Å²) in [6.07, 6.45) is -4.84. The number of nitrogens with zero attached hydrogens (tertiary/aromatic N) is 2. The summed E-state index contributed by atoms with van der Waals surface area (Å²) in [5, 5.41) is 6.73. The van der Waals surface area contributed by atoms with Crippen LogP contribution >= 0.6 is 39.0 Å². The zero-order valence-corrected chi connectivity index (χ0v) is 27.1. The second-order valence-electron chi connectivity index (χ2n) is 10.4. The molecule has 10 nitrogen and oxygen atoms in total. The summed E-state index contributed by atoms with van der Waals surface area (Å²) in [6, 6.07) is 16.2. The SMILES string of the molecule is NS(=O)(=O)c1ccc(NC(=O)Cn2c3c(sc2=O)[C@@H](c2cccc(Br)c2)[C@@H]2C(=O)N(c4ccccc4C(F)(F)F)C(=O)[C@@H]2S3)cc1. The number of rotatable bonds is 6. The molecular weight excluding hydrogens is 733 g/mol. The number of sulfonamides is 1. The van der Waals surface area contributed by atoms with Crippen molar-refractivity contribution in [3.63, 3.8) is 0 Å². The lowest BCUT2D eigenvalue weighted by Crippen LogP contribution is -2.33. The van der Waals surface area contributed by atoms with Crippen molar-refractivity contribution in [2.24, 2.45) is 11.1 Å². The van der Waals surface area contributed by atoms with E-state index < -0.39 is 73.7 Å². The zero-order valence-electron chi connectivity index (χ0n) is 23.0. The van der Waals surface area contributed by atoms with Gasteiger partial charge in [0.1, 0.15) is 11.8 Å². The molecule has 0 saturated carbocycles. The highest BCUT2D eigenvalue weighted by molar-refractivity contribution is 9.10. The van der Waals surface area contributed by atoms with Gasteiger partial charge in [0.15, 0.2) is 0 Å². The van der Waals surface area contributed by atoms with Crippen LogP contribution in [0.3, 0.4) is 0 Å². The Bertz CT molecular complexity index is 2080. The number of fused-ring (bicyclic) bond motifs is 2. The Morgan fingerprint density at radius 2 is 1.67 bits per heavy atom. The number of primary sulfonamides is 1. The van der Waals surface area contributed by atoms with Crippen molar-refractivity contribution in [1.82, 2.24) is 4.57 Å². The van der Waals surface area contributed by atoms with Gasteiger partial charge in [-0.25, -0.2) is 18.5 Å². The number of halogens is 4. The highest BCUT2D eigenvalue weighted by atomic mass is 79.9. The number of aromatic nitrogens is 1. The number of para-hydroxylation sites is 1. The number of thioether (sulfide) groups is 1. The molecule has 0 radical (unpaired) electrons. The largest absolute Gasteiger partial charge is 0.418 e. The smallest absolute Gasteiger partial charge is 0.325 e. The average molecular weight is 754 g/mol. The van der Waals surface area contributed by atoms with E-state index >= 15 is 0 Å². The quantitative estimate of drug-likeness (QED) is 0.270. The average Bonchev–Trinajstić information content (AvgIpc) is 3.42. The van der Waals surface area contributed by atoms with Gasteiger partial charge in [0.05, 0.1) is 27.1 Å². The van der Waals surface area contributed by atoms with E-state index in [4.69, 9.17) is 5.14 Å². The van der Waals surface area contributed by atoms with Crippen LogP contribution in [0.1, 0.15) is 21.9 Å². The molecule has 2 aliphatic rings. The van der Waals surface area contributed by atoms with Gasteiger partial charge in [-0.05, 0) is 54.1 Å². The summed E-state index contributed by atoms with van der Waals surface area (Å²) in [6.45, 7) is -0.500. The van der Waals surface area contributed by atoms with E-state index in [1.807, 2.05) is 0 Å². The monoisotopic (exact) mass is 752 g/mol. The molecule has 1 fully saturated rings. The second kappa shape index (κ2) is 11.8. The van der Waals surface area contributed by atoms with Crippen LogP contribution in [0.2, 0.25) is 0 Å². The van der Waals surface area contributed by atoms with Gasteiger partial charge < -0.3 is 5.32 Å². The number of benzene rings is 3. The number of alkyl halides is 3.